The SMILES string of the molecule is NC(=O)C(c1ccc(Cl)c(Cl)c1)c1ccc(Cl)nn1. The second-order valence-corrected chi connectivity index (χ2v) is 4.99. The molecule has 1 unspecified atom stereocenters. The zero-order chi connectivity index (χ0) is 14.0. The minimum Gasteiger partial charge on any atom is -0.369 e. The van der Waals surface area contributed by atoms with Crippen LogP contribution in [0.2, 0.25) is 15.2 Å². The summed E-state index contributed by atoms with van der Waals surface area (Å²) in [6, 6.07) is 7.97. The fraction of sp³-hybridized carbons (Fsp3) is 0.0833. The zero-order valence-electron chi connectivity index (χ0n) is 9.48. The van der Waals surface area contributed by atoms with Crippen molar-refractivity contribution in [1.29, 1.82) is 0 Å². The predicted octanol–water partition coefficient (Wildman–Crippen LogP) is 3.05. The number of amides is 1. The summed E-state index contributed by atoms with van der Waals surface area (Å²) in [5.41, 5.74) is 6.41. The van der Waals surface area contributed by atoms with Crippen molar-refractivity contribution in [3.63, 3.8) is 0 Å². The molecular formula is C12H8Cl3N3O. The number of hydrogen-bond acceptors (Lipinski definition) is 3. The van der Waals surface area contributed by atoms with Gasteiger partial charge in [-0.1, -0.05) is 40.9 Å². The van der Waals surface area contributed by atoms with E-state index in [4.69, 9.17) is 40.5 Å². The van der Waals surface area contributed by atoms with Gasteiger partial charge in [-0.25, -0.2) is 0 Å². The summed E-state index contributed by atoms with van der Waals surface area (Å²) >= 11 is 17.4. The highest BCUT2D eigenvalue weighted by Crippen LogP contribution is 2.29. The van der Waals surface area contributed by atoms with Crippen molar-refractivity contribution in [2.45, 2.75) is 5.92 Å². The van der Waals surface area contributed by atoms with Crippen molar-refractivity contribution < 1.29 is 4.79 Å². The summed E-state index contributed by atoms with van der Waals surface area (Å²) in [6.45, 7) is 0. The lowest BCUT2D eigenvalue weighted by atomic mass is 9.95. The van der Waals surface area contributed by atoms with Gasteiger partial charge in [0.1, 0.15) is 5.92 Å². The molecule has 0 aliphatic rings. The number of hydrogen-bond donors (Lipinski definition) is 1. The van der Waals surface area contributed by atoms with Crippen LogP contribution in [-0.4, -0.2) is 16.1 Å². The first-order valence-corrected chi connectivity index (χ1v) is 6.36. The van der Waals surface area contributed by atoms with Crippen LogP contribution >= 0.6 is 34.8 Å². The maximum Gasteiger partial charge on any atom is 0.231 e. The molecule has 0 spiro atoms. The highest BCUT2D eigenvalue weighted by atomic mass is 35.5. The second kappa shape index (κ2) is 5.74. The molecule has 2 aromatic rings. The molecule has 2 rings (SSSR count). The molecule has 2 N–H and O–H groups in total. The smallest absolute Gasteiger partial charge is 0.231 e. The van der Waals surface area contributed by atoms with Gasteiger partial charge in [0.05, 0.1) is 15.7 Å². The van der Waals surface area contributed by atoms with Crippen molar-refractivity contribution in [1.82, 2.24) is 10.2 Å². The molecule has 0 saturated heterocycles. The highest BCUT2D eigenvalue weighted by molar-refractivity contribution is 6.42. The standard InChI is InChI=1S/C12H8Cl3N3O/c13-7-2-1-6(5-8(7)14)11(12(16)19)9-3-4-10(15)18-17-9/h1-5,11H,(H2,16,19). The molecule has 19 heavy (non-hydrogen) atoms. The van der Waals surface area contributed by atoms with Crippen LogP contribution < -0.4 is 5.73 Å². The molecule has 98 valence electrons. The van der Waals surface area contributed by atoms with Crippen LogP contribution in [0.5, 0.6) is 0 Å². The van der Waals surface area contributed by atoms with Crippen molar-refractivity contribution in [3.05, 3.63) is 56.8 Å². The lowest BCUT2D eigenvalue weighted by molar-refractivity contribution is -0.118. The van der Waals surface area contributed by atoms with Crippen molar-refractivity contribution in [3.8, 4) is 0 Å². The molecule has 0 aliphatic carbocycles. The average molecular weight is 317 g/mol. The van der Waals surface area contributed by atoms with Crippen LogP contribution in [0, 0.1) is 0 Å². The molecule has 0 bridgehead atoms. The summed E-state index contributed by atoms with van der Waals surface area (Å²) in [4.78, 5) is 11.6. The van der Waals surface area contributed by atoms with Gasteiger partial charge >= 0.3 is 0 Å². The minimum absolute atomic E-state index is 0.237. The molecule has 1 atom stereocenters. The van der Waals surface area contributed by atoms with Gasteiger partial charge in [-0.05, 0) is 29.8 Å². The molecule has 1 amide bonds. The van der Waals surface area contributed by atoms with Crippen LogP contribution in [0.4, 0.5) is 0 Å². The number of carbonyl (C=O) groups excluding carboxylic acids is 1. The maximum atomic E-state index is 11.6. The van der Waals surface area contributed by atoms with Gasteiger partial charge in [-0.2, -0.15) is 5.10 Å². The first kappa shape index (κ1) is 14.1. The fourth-order valence-corrected chi connectivity index (χ4v) is 2.06. The van der Waals surface area contributed by atoms with Crippen LogP contribution in [0.1, 0.15) is 17.2 Å². The Kier molecular flexibility index (Phi) is 4.24. The number of nitrogens with two attached hydrogens (primary N) is 1. The van der Waals surface area contributed by atoms with E-state index in [0.29, 0.717) is 21.3 Å². The molecule has 0 radical (unpaired) electrons. The topological polar surface area (TPSA) is 68.9 Å². The lowest BCUT2D eigenvalue weighted by Gasteiger charge is -2.13. The Labute approximate surface area is 124 Å². The minimum atomic E-state index is -0.750. The normalized spacial score (nSPS) is 12.2. The monoisotopic (exact) mass is 315 g/mol. The molecule has 7 heteroatoms. The van der Waals surface area contributed by atoms with Crippen LogP contribution in [0.25, 0.3) is 0 Å². The molecule has 0 saturated carbocycles. The van der Waals surface area contributed by atoms with Gasteiger partial charge in [0.25, 0.3) is 0 Å². The summed E-state index contributed by atoms with van der Waals surface area (Å²) < 4.78 is 0. The number of benzene rings is 1. The molecule has 0 fully saturated rings. The Balaban J connectivity index is 2.48. The van der Waals surface area contributed by atoms with Crippen molar-refractivity contribution in [2.75, 3.05) is 0 Å². The van der Waals surface area contributed by atoms with Crippen molar-refractivity contribution >= 4 is 40.7 Å². The quantitative estimate of drug-likeness (QED) is 0.946. The number of carbonyl (C=O) groups is 1. The Hall–Kier alpha value is -1.36. The van der Waals surface area contributed by atoms with E-state index in [1.807, 2.05) is 0 Å². The third-order valence-electron chi connectivity index (χ3n) is 2.51. The number of primary amides is 1. The Bertz CT molecular complexity index is 616. The third kappa shape index (κ3) is 3.15. The van der Waals surface area contributed by atoms with Gasteiger partial charge in [0.2, 0.25) is 5.91 Å². The average Bonchev–Trinajstić information content (AvgIpc) is 2.36. The van der Waals surface area contributed by atoms with E-state index in [1.54, 1.807) is 24.3 Å². The summed E-state index contributed by atoms with van der Waals surface area (Å²) in [5.74, 6) is -1.31. The van der Waals surface area contributed by atoms with Gasteiger partial charge in [0.15, 0.2) is 5.15 Å². The van der Waals surface area contributed by atoms with Gasteiger partial charge in [-0.15, -0.1) is 5.10 Å². The van der Waals surface area contributed by atoms with Crippen LogP contribution in [-0.2, 0) is 4.79 Å². The number of aromatic nitrogens is 2. The summed E-state index contributed by atoms with van der Waals surface area (Å²) in [7, 11) is 0. The van der Waals surface area contributed by atoms with E-state index >= 15 is 0 Å². The van der Waals surface area contributed by atoms with Crippen LogP contribution in [0.3, 0.4) is 0 Å². The zero-order valence-corrected chi connectivity index (χ0v) is 11.7. The van der Waals surface area contributed by atoms with Crippen molar-refractivity contribution in [2.24, 2.45) is 5.73 Å². The molecule has 0 aliphatic heterocycles. The van der Waals surface area contributed by atoms with Gasteiger partial charge in [0, 0.05) is 0 Å². The fourth-order valence-electron chi connectivity index (χ4n) is 1.65. The molecule has 1 heterocycles. The largest absolute Gasteiger partial charge is 0.369 e. The summed E-state index contributed by atoms with van der Waals surface area (Å²) in [5, 5.41) is 8.54. The molecule has 1 aromatic carbocycles. The van der Waals surface area contributed by atoms with E-state index in [1.165, 1.54) is 6.07 Å². The Morgan fingerprint density at radius 3 is 2.32 bits per heavy atom. The predicted molar refractivity (Wildman–Crippen MR) is 74.5 cm³/mol. The number of rotatable bonds is 3. The van der Waals surface area contributed by atoms with E-state index in [9.17, 15) is 4.79 Å². The Morgan fingerprint density at radius 2 is 1.79 bits per heavy atom. The lowest BCUT2D eigenvalue weighted by Crippen LogP contribution is -2.23. The molecule has 1 aromatic heterocycles. The first-order chi connectivity index (χ1) is 8.99. The highest BCUT2D eigenvalue weighted by Gasteiger charge is 2.22. The van der Waals surface area contributed by atoms with E-state index in [2.05, 4.69) is 10.2 Å². The third-order valence-corrected chi connectivity index (χ3v) is 3.45. The maximum absolute atomic E-state index is 11.6. The van der Waals surface area contributed by atoms with Gasteiger partial charge < -0.3 is 5.73 Å². The van der Waals surface area contributed by atoms with E-state index in [-0.39, 0.29) is 5.15 Å². The first-order valence-electron chi connectivity index (χ1n) is 5.22. The second-order valence-electron chi connectivity index (χ2n) is 3.79. The van der Waals surface area contributed by atoms with Gasteiger partial charge in [-0.3, -0.25) is 4.79 Å². The molecular weight excluding hydrogens is 309 g/mol. The molecule has 4 nitrogen and oxygen atoms in total. The van der Waals surface area contributed by atoms with E-state index < -0.39 is 11.8 Å². The van der Waals surface area contributed by atoms with E-state index in [0.717, 1.165) is 0 Å². The summed E-state index contributed by atoms with van der Waals surface area (Å²) in [6.07, 6.45) is 0. The van der Waals surface area contributed by atoms with Crippen LogP contribution in [0.15, 0.2) is 30.3 Å². The number of halogens is 3. The number of nitrogens with zero attached hydrogens (tertiary/aromatic N) is 2. The Morgan fingerprint density at radius 1 is 1.05 bits per heavy atom.